The Morgan fingerprint density at radius 3 is 2.36 bits per heavy atom. The van der Waals surface area contributed by atoms with Crippen LogP contribution in [0.25, 0.3) is 0 Å². The van der Waals surface area contributed by atoms with Gasteiger partial charge in [-0.1, -0.05) is 58.0 Å². The Morgan fingerprint density at radius 1 is 0.970 bits per heavy atom. The van der Waals surface area contributed by atoms with E-state index in [0.29, 0.717) is 0 Å². The van der Waals surface area contributed by atoms with E-state index in [2.05, 4.69) is 68.4 Å². The molecule has 4 rings (SSSR count). The van der Waals surface area contributed by atoms with Crippen LogP contribution in [0.15, 0.2) is 76.5 Å². The van der Waals surface area contributed by atoms with Gasteiger partial charge in [-0.05, 0) is 48.1 Å². The zero-order valence-electron chi connectivity index (χ0n) is 19.8. The van der Waals surface area contributed by atoms with E-state index in [-0.39, 0.29) is 84.5 Å². The Labute approximate surface area is 256 Å². The molecule has 0 amide bonds. The summed E-state index contributed by atoms with van der Waals surface area (Å²) in [7, 11) is 0. The molecule has 0 atom stereocenters. The van der Waals surface area contributed by atoms with Crippen LogP contribution in [0.1, 0.15) is 50.8 Å². The van der Waals surface area contributed by atoms with Crippen molar-refractivity contribution < 1.29 is 67.0 Å². The fraction of sp³-hybridized carbons (Fsp3) is 0.276. The molecular formula is C29H38OSU2. The summed E-state index contributed by atoms with van der Waals surface area (Å²) in [4.78, 5) is 2.51. The van der Waals surface area contributed by atoms with Crippen molar-refractivity contribution in [3.05, 3.63) is 111 Å². The maximum atomic E-state index is 5.49. The van der Waals surface area contributed by atoms with Crippen LogP contribution in [0.2, 0.25) is 0 Å². The molecule has 0 aromatic heterocycles. The van der Waals surface area contributed by atoms with Gasteiger partial charge < -0.3 is 19.6 Å². The first-order valence-electron chi connectivity index (χ1n) is 10.1. The first kappa shape index (κ1) is 37.5. The van der Waals surface area contributed by atoms with Crippen molar-refractivity contribution in [2.24, 2.45) is 0 Å². The second kappa shape index (κ2) is 21.2. The first-order chi connectivity index (χ1) is 13.8. The van der Waals surface area contributed by atoms with Crippen molar-refractivity contribution in [1.82, 2.24) is 0 Å². The minimum absolute atomic E-state index is 0. The molecule has 0 N–H and O–H groups in total. The number of ether oxygens (including phenoxy) is 1. The normalized spacial score (nSPS) is 10.5. The summed E-state index contributed by atoms with van der Waals surface area (Å²) in [5.74, 6) is 1.07. The summed E-state index contributed by atoms with van der Waals surface area (Å²) in [5, 5.41) is 0. The number of hydrogen-bond donors (Lipinski definition) is 0. The molecule has 174 valence electrons. The summed E-state index contributed by atoms with van der Waals surface area (Å²) >= 11 is 1.78. The van der Waals surface area contributed by atoms with E-state index < -0.39 is 0 Å². The van der Waals surface area contributed by atoms with Gasteiger partial charge in [0.2, 0.25) is 0 Å². The van der Waals surface area contributed by atoms with Crippen molar-refractivity contribution in [1.29, 1.82) is 0 Å². The van der Waals surface area contributed by atoms with Gasteiger partial charge in [-0.3, -0.25) is 0 Å². The molecule has 0 saturated heterocycles. The van der Waals surface area contributed by atoms with Crippen molar-refractivity contribution in [3.8, 4) is 5.75 Å². The molecule has 3 aromatic rings. The predicted octanol–water partition coefficient (Wildman–Crippen LogP) is 8.86. The summed E-state index contributed by atoms with van der Waals surface area (Å²) in [6.07, 6.45) is 5.59. The monoisotopic (exact) mass is 910 g/mol. The minimum atomic E-state index is 0. The molecule has 33 heavy (non-hydrogen) atoms. The molecule has 0 radical (unpaired) electrons. The average molecular weight is 911 g/mol. The molecule has 1 aliphatic heterocycles. The molecule has 1 heterocycles. The Bertz CT molecular complexity index is 869. The van der Waals surface area contributed by atoms with E-state index in [0.717, 1.165) is 31.4 Å². The minimum Gasteiger partial charge on any atom is -0.662 e. The second-order valence-corrected chi connectivity index (χ2v) is 7.89. The maximum absolute atomic E-state index is 5.49. The van der Waals surface area contributed by atoms with Crippen LogP contribution in [0.5, 0.6) is 5.75 Å². The van der Waals surface area contributed by atoms with Crippen LogP contribution in [0.4, 0.5) is 0 Å². The van der Waals surface area contributed by atoms with Crippen LogP contribution in [0, 0.1) is 89.8 Å². The Balaban J connectivity index is -0.000000477. The molecule has 0 unspecified atom stereocenters. The van der Waals surface area contributed by atoms with Gasteiger partial charge in [-0.15, -0.1) is 23.1 Å². The third-order valence-corrected chi connectivity index (χ3v) is 5.76. The number of fused-ring (bicyclic) bond motifs is 1. The topological polar surface area (TPSA) is 9.23 Å². The van der Waals surface area contributed by atoms with Gasteiger partial charge >= 0.3 is 62.2 Å². The molecule has 0 aliphatic carbocycles. The molecule has 0 bridgehead atoms. The van der Waals surface area contributed by atoms with Crippen LogP contribution in [-0.2, 0) is 19.3 Å². The SMILES string of the molecule is C.CCCc1ccc2c(c1)O[CH-]CC2.CCc1ccccc1Sc1[c-]cccc1.[CH3-].[CH3-].[U+2].[U+2]. The number of rotatable bonds is 5. The fourth-order valence-electron chi connectivity index (χ4n) is 3.18. The average Bonchev–Trinajstić information content (AvgIpc) is 2.75. The van der Waals surface area contributed by atoms with Gasteiger partial charge in [0.25, 0.3) is 0 Å². The molecule has 4 heteroatoms. The van der Waals surface area contributed by atoms with Gasteiger partial charge in [-0.25, -0.2) is 0 Å². The van der Waals surface area contributed by atoms with E-state index in [4.69, 9.17) is 4.74 Å². The van der Waals surface area contributed by atoms with E-state index in [1.165, 1.54) is 32.9 Å². The fourth-order valence-corrected chi connectivity index (χ4v) is 4.18. The van der Waals surface area contributed by atoms with Crippen molar-refractivity contribution >= 4 is 11.8 Å². The van der Waals surface area contributed by atoms with Crippen LogP contribution >= 0.6 is 11.8 Å². The molecule has 0 fully saturated rings. The molecule has 1 aliphatic rings. The van der Waals surface area contributed by atoms with Gasteiger partial charge in [-0.2, -0.15) is 36.9 Å². The quantitative estimate of drug-likeness (QED) is 0.237. The largest absolute Gasteiger partial charge is 2.00 e. The Morgan fingerprint density at radius 2 is 1.70 bits per heavy atom. The zero-order chi connectivity index (χ0) is 19.6. The van der Waals surface area contributed by atoms with E-state index >= 15 is 0 Å². The molecular weight excluding hydrogens is 872 g/mol. The zero-order valence-corrected chi connectivity index (χ0v) is 28.9. The second-order valence-electron chi connectivity index (χ2n) is 6.81. The van der Waals surface area contributed by atoms with Gasteiger partial charge in [0, 0.05) is 4.90 Å². The van der Waals surface area contributed by atoms with Crippen LogP contribution in [-0.4, -0.2) is 0 Å². The summed E-state index contributed by atoms with van der Waals surface area (Å²) in [6, 6.07) is 26.5. The van der Waals surface area contributed by atoms with Crippen LogP contribution < -0.4 is 4.74 Å². The summed E-state index contributed by atoms with van der Waals surface area (Å²) < 4.78 is 5.49. The number of hydrogen-bond acceptors (Lipinski definition) is 2. The van der Waals surface area contributed by atoms with Gasteiger partial charge in [0.15, 0.2) is 0 Å². The Kier molecular flexibility index (Phi) is 24.1. The van der Waals surface area contributed by atoms with Gasteiger partial charge in [0.1, 0.15) is 0 Å². The van der Waals surface area contributed by atoms with Gasteiger partial charge in [0.05, 0.1) is 5.75 Å². The van der Waals surface area contributed by atoms with E-state index in [1.807, 2.05) is 24.8 Å². The molecule has 0 saturated carbocycles. The first-order valence-corrected chi connectivity index (χ1v) is 10.9. The third-order valence-electron chi connectivity index (χ3n) is 4.67. The predicted molar refractivity (Wildman–Crippen MR) is 138 cm³/mol. The Hall–Kier alpha value is -0.0861. The summed E-state index contributed by atoms with van der Waals surface area (Å²) in [5.41, 5.74) is 4.14. The third kappa shape index (κ3) is 12.4. The van der Waals surface area contributed by atoms with Crippen molar-refractivity contribution in [2.45, 2.75) is 63.2 Å². The standard InChI is InChI=1S/C14H13S.C12H15O.CH4.2CH3.2U/c1-2-12-8-6-7-11-14(12)15-13-9-4-3-5-10-13;1-2-4-10-6-7-11-5-3-8-13-12(11)9-10;;;;;/h3-9,11H,2H2,1H3;6-9H,2-5H2,1H3;1H4;2*1H3;;/q2*-1;;2*-1;2*+2. The smallest absolute Gasteiger partial charge is 0.662 e. The molecule has 1 nitrogen and oxygen atoms in total. The van der Waals surface area contributed by atoms with Crippen molar-refractivity contribution in [3.63, 3.8) is 0 Å². The maximum Gasteiger partial charge on any atom is 2.00 e. The van der Waals surface area contributed by atoms with Crippen molar-refractivity contribution in [2.75, 3.05) is 0 Å². The number of benzene rings is 3. The van der Waals surface area contributed by atoms with E-state index in [1.54, 1.807) is 11.8 Å². The number of aryl methyl sites for hydroxylation is 3. The molecule has 3 aromatic carbocycles. The summed E-state index contributed by atoms with van der Waals surface area (Å²) in [6.45, 7) is 6.29. The van der Waals surface area contributed by atoms with E-state index in [9.17, 15) is 0 Å². The van der Waals surface area contributed by atoms with Crippen LogP contribution in [0.3, 0.4) is 0 Å². The molecule has 0 spiro atoms.